The van der Waals surface area contributed by atoms with Gasteiger partial charge in [0.25, 0.3) is 0 Å². The normalized spacial score (nSPS) is 17.0. The number of rotatable bonds is 9. The lowest BCUT2D eigenvalue weighted by Gasteiger charge is -2.28. The number of nitrogens with zero attached hydrogens (tertiary/aromatic N) is 4. The van der Waals surface area contributed by atoms with E-state index in [-0.39, 0.29) is 0 Å². The Morgan fingerprint density at radius 2 is 0.917 bits per heavy atom. The van der Waals surface area contributed by atoms with Crippen molar-refractivity contribution in [2.24, 2.45) is 11.8 Å². The van der Waals surface area contributed by atoms with Gasteiger partial charge in [0, 0.05) is 11.1 Å². The monoisotopic (exact) mass is 640 g/mol. The molecule has 8 nitrogen and oxygen atoms in total. The van der Waals surface area contributed by atoms with Crippen molar-refractivity contribution in [1.82, 2.24) is 29.7 Å². The molecule has 0 bridgehead atoms. The third-order valence-electron chi connectivity index (χ3n) is 10.2. The molecule has 2 N–H and O–H groups in total. The number of imidazole rings is 2. The van der Waals surface area contributed by atoms with Crippen LogP contribution in [-0.4, -0.2) is 83.2 Å². The first-order valence-electron chi connectivity index (χ1n) is 17.4. The van der Waals surface area contributed by atoms with Crippen molar-refractivity contribution in [3.05, 3.63) is 84.9 Å². The molecule has 48 heavy (non-hydrogen) atoms. The minimum absolute atomic E-state index is 0.637. The van der Waals surface area contributed by atoms with E-state index in [1.54, 1.807) is 0 Å². The Morgan fingerprint density at radius 1 is 0.542 bits per heavy atom. The second-order valence-corrected chi connectivity index (χ2v) is 13.8. The smallest absolute Gasteiger partial charge is 0.138 e. The van der Waals surface area contributed by atoms with Gasteiger partial charge in [-0.05, 0) is 162 Å². The molecule has 0 spiro atoms. The van der Waals surface area contributed by atoms with E-state index < -0.39 is 0 Å². The highest BCUT2D eigenvalue weighted by molar-refractivity contribution is 5.88. The second-order valence-electron chi connectivity index (χ2n) is 13.8. The maximum atomic E-state index is 6.12. The minimum Gasteiger partial charge on any atom is -0.493 e. The van der Waals surface area contributed by atoms with Crippen LogP contribution in [0.4, 0.5) is 0 Å². The molecule has 2 aliphatic heterocycles. The Labute approximate surface area is 282 Å². The second kappa shape index (κ2) is 13.5. The van der Waals surface area contributed by atoms with Crippen LogP contribution in [0.5, 0.6) is 11.5 Å². The zero-order valence-electron chi connectivity index (χ0n) is 27.9. The molecule has 8 heteroatoms. The van der Waals surface area contributed by atoms with Gasteiger partial charge in [-0.1, -0.05) is 12.1 Å². The number of aromatic nitrogens is 4. The lowest BCUT2D eigenvalue weighted by atomic mass is 9.98. The molecular formula is C40H44N6O2. The molecule has 4 aromatic carbocycles. The van der Waals surface area contributed by atoms with Gasteiger partial charge < -0.3 is 29.2 Å². The van der Waals surface area contributed by atoms with Gasteiger partial charge >= 0.3 is 0 Å². The number of hydrogen-bond acceptors (Lipinski definition) is 6. The lowest BCUT2D eigenvalue weighted by molar-refractivity contribution is 0.160. The number of hydrogen-bond donors (Lipinski definition) is 2. The van der Waals surface area contributed by atoms with Gasteiger partial charge in [0.1, 0.15) is 23.1 Å². The van der Waals surface area contributed by atoms with Crippen LogP contribution in [0.2, 0.25) is 0 Å². The maximum Gasteiger partial charge on any atom is 0.138 e. The molecule has 0 saturated carbocycles. The molecular weight excluding hydrogens is 596 g/mol. The summed E-state index contributed by atoms with van der Waals surface area (Å²) >= 11 is 0. The number of ether oxygens (including phenoxy) is 2. The molecule has 2 fully saturated rings. The Bertz CT molecular complexity index is 1840. The molecule has 2 aromatic heterocycles. The van der Waals surface area contributed by atoms with Crippen molar-refractivity contribution in [2.75, 3.05) is 53.5 Å². The summed E-state index contributed by atoms with van der Waals surface area (Å²) in [6.07, 6.45) is 4.82. The summed E-state index contributed by atoms with van der Waals surface area (Å²) < 4.78 is 12.2. The number of aromatic amines is 2. The highest BCUT2D eigenvalue weighted by atomic mass is 16.5. The number of fused-ring (bicyclic) bond motifs is 2. The van der Waals surface area contributed by atoms with Crippen LogP contribution in [0.1, 0.15) is 25.7 Å². The van der Waals surface area contributed by atoms with Crippen LogP contribution < -0.4 is 9.47 Å². The molecule has 8 rings (SSSR count). The van der Waals surface area contributed by atoms with E-state index in [2.05, 4.69) is 119 Å². The number of H-pyrrole nitrogens is 2. The average molecular weight is 641 g/mol. The number of nitrogens with one attached hydrogen (secondary N) is 2. The van der Waals surface area contributed by atoms with Gasteiger partial charge in [0.2, 0.25) is 0 Å². The molecule has 2 aliphatic rings. The Kier molecular flexibility index (Phi) is 8.59. The van der Waals surface area contributed by atoms with Crippen LogP contribution in [0.25, 0.3) is 56.0 Å². The number of piperidine rings is 2. The van der Waals surface area contributed by atoms with Gasteiger partial charge in [-0.25, -0.2) is 9.97 Å². The fraction of sp³-hybridized carbons (Fsp3) is 0.350. The van der Waals surface area contributed by atoms with Crippen molar-refractivity contribution >= 4 is 22.1 Å². The summed E-state index contributed by atoms with van der Waals surface area (Å²) in [6, 6.07) is 29.3. The van der Waals surface area contributed by atoms with Gasteiger partial charge in [0.15, 0.2) is 0 Å². The summed E-state index contributed by atoms with van der Waals surface area (Å²) in [5.41, 5.74) is 8.20. The number of likely N-dealkylation sites (tertiary alicyclic amines) is 2. The number of benzene rings is 4. The highest BCUT2D eigenvalue weighted by Crippen LogP contribution is 2.31. The molecule has 4 heterocycles. The summed E-state index contributed by atoms with van der Waals surface area (Å²) in [4.78, 5) is 21.7. The van der Waals surface area contributed by atoms with Crippen LogP contribution >= 0.6 is 0 Å². The van der Waals surface area contributed by atoms with Crippen molar-refractivity contribution in [3.8, 4) is 45.4 Å². The molecule has 0 radical (unpaired) electrons. The van der Waals surface area contributed by atoms with Crippen molar-refractivity contribution < 1.29 is 9.47 Å². The summed E-state index contributed by atoms with van der Waals surface area (Å²) in [6.45, 7) is 6.20. The molecule has 2 saturated heterocycles. The van der Waals surface area contributed by atoms with Crippen LogP contribution in [0, 0.1) is 11.8 Å². The molecule has 0 amide bonds. The highest BCUT2D eigenvalue weighted by Gasteiger charge is 2.18. The summed E-state index contributed by atoms with van der Waals surface area (Å²) in [7, 11) is 4.39. The standard InChI is InChI=1S/C40H44N6O2/c1-45-19-15-27(16-20-45)25-47-33-9-3-29(4-10-33)39-41-35-13-7-31(23-37(35)43-39)32-8-14-36-38(24-32)44-40(42-36)30-5-11-34(12-6-30)48-26-28-17-21-46(2)22-18-28/h3-14,23-24,27-28H,15-22,25-26H2,1-2H3,(H,41,43)(H,42,44). The van der Waals surface area contributed by atoms with Crippen LogP contribution in [-0.2, 0) is 0 Å². The average Bonchev–Trinajstić information content (AvgIpc) is 3.76. The van der Waals surface area contributed by atoms with E-state index in [9.17, 15) is 0 Å². The maximum absolute atomic E-state index is 6.12. The van der Waals surface area contributed by atoms with E-state index in [0.29, 0.717) is 11.8 Å². The fourth-order valence-corrected chi connectivity index (χ4v) is 6.95. The molecule has 246 valence electrons. The Hall–Kier alpha value is -4.66. The SMILES string of the molecule is CN1CCC(COc2ccc(-c3nc4cc(-c5ccc6[nH]c(-c7ccc(OCC8CCN(C)CC8)cc7)nc6c5)ccc4[nH]3)cc2)CC1. The van der Waals surface area contributed by atoms with E-state index in [0.717, 1.165) is 107 Å². The van der Waals surface area contributed by atoms with Crippen LogP contribution in [0.3, 0.4) is 0 Å². The predicted octanol–water partition coefficient (Wildman–Crippen LogP) is 7.88. The molecule has 6 aromatic rings. The van der Waals surface area contributed by atoms with Gasteiger partial charge in [-0.3, -0.25) is 0 Å². The van der Waals surface area contributed by atoms with Crippen LogP contribution in [0.15, 0.2) is 84.9 Å². The van der Waals surface area contributed by atoms with Gasteiger partial charge in [0.05, 0.1) is 35.3 Å². The van der Waals surface area contributed by atoms with Gasteiger partial charge in [-0.15, -0.1) is 0 Å². The summed E-state index contributed by atoms with van der Waals surface area (Å²) in [5.74, 6) is 4.81. The third kappa shape index (κ3) is 6.82. The topological polar surface area (TPSA) is 82.3 Å². The Morgan fingerprint density at radius 3 is 1.31 bits per heavy atom. The largest absolute Gasteiger partial charge is 0.493 e. The zero-order valence-corrected chi connectivity index (χ0v) is 27.9. The first-order valence-corrected chi connectivity index (χ1v) is 17.4. The molecule has 0 atom stereocenters. The Balaban J connectivity index is 0.928. The van der Waals surface area contributed by atoms with Gasteiger partial charge in [-0.2, -0.15) is 0 Å². The molecule has 0 aliphatic carbocycles. The first kappa shape index (κ1) is 30.7. The van der Waals surface area contributed by atoms with Crippen molar-refractivity contribution in [2.45, 2.75) is 25.7 Å². The quantitative estimate of drug-likeness (QED) is 0.167. The van der Waals surface area contributed by atoms with E-state index in [1.807, 2.05) is 0 Å². The van der Waals surface area contributed by atoms with E-state index >= 15 is 0 Å². The third-order valence-corrected chi connectivity index (χ3v) is 10.2. The first-order chi connectivity index (χ1) is 23.5. The predicted molar refractivity (Wildman–Crippen MR) is 193 cm³/mol. The van der Waals surface area contributed by atoms with Crippen molar-refractivity contribution in [1.29, 1.82) is 0 Å². The summed E-state index contributed by atoms with van der Waals surface area (Å²) in [5, 5.41) is 0. The minimum atomic E-state index is 0.637. The molecule has 0 unspecified atom stereocenters. The van der Waals surface area contributed by atoms with Crippen molar-refractivity contribution in [3.63, 3.8) is 0 Å². The lowest BCUT2D eigenvalue weighted by Crippen LogP contribution is -2.32. The van der Waals surface area contributed by atoms with E-state index in [4.69, 9.17) is 19.4 Å². The fourth-order valence-electron chi connectivity index (χ4n) is 6.95. The van der Waals surface area contributed by atoms with E-state index in [1.165, 1.54) is 25.7 Å². The zero-order chi connectivity index (χ0) is 32.5.